The summed E-state index contributed by atoms with van der Waals surface area (Å²) >= 11 is 6.19. The summed E-state index contributed by atoms with van der Waals surface area (Å²) in [5.74, 6) is 1.95. The number of unbranched alkanes of at least 4 members (excludes halogenated alkanes) is 1. The summed E-state index contributed by atoms with van der Waals surface area (Å²) in [7, 11) is 0. The van der Waals surface area contributed by atoms with E-state index >= 15 is 0 Å². The number of aryl methyl sites for hydroxylation is 2. The van der Waals surface area contributed by atoms with E-state index in [0.29, 0.717) is 24.6 Å². The molecule has 2 heterocycles. The lowest BCUT2D eigenvalue weighted by atomic mass is 10.1. The standard InChI is InChI=1S/C29H30ClN3O2/c1-20-10-9-14-25(21(20)2)33-19-22(18-28(33)34)29-31-24-12-4-5-13-26(24)32(29)16-7-8-17-35-27-15-6-3-11-23(27)30/h3-6,9-15,22H,7-8,16-19H2,1-2H3. The van der Waals surface area contributed by atoms with Gasteiger partial charge >= 0.3 is 0 Å². The van der Waals surface area contributed by atoms with E-state index in [2.05, 4.69) is 36.6 Å². The highest BCUT2D eigenvalue weighted by atomic mass is 35.5. The van der Waals surface area contributed by atoms with Crippen LogP contribution >= 0.6 is 11.6 Å². The molecule has 1 saturated heterocycles. The molecule has 0 aliphatic carbocycles. The summed E-state index contributed by atoms with van der Waals surface area (Å²) in [6, 6.07) is 21.9. The van der Waals surface area contributed by atoms with E-state index in [-0.39, 0.29) is 11.8 Å². The molecule has 3 aromatic carbocycles. The van der Waals surface area contributed by atoms with Crippen LogP contribution in [0.1, 0.15) is 42.1 Å². The van der Waals surface area contributed by atoms with Crippen molar-refractivity contribution < 1.29 is 9.53 Å². The van der Waals surface area contributed by atoms with Crippen molar-refractivity contribution in [1.29, 1.82) is 0 Å². The van der Waals surface area contributed by atoms with E-state index in [4.69, 9.17) is 21.3 Å². The number of hydrogen-bond acceptors (Lipinski definition) is 3. The highest BCUT2D eigenvalue weighted by molar-refractivity contribution is 6.32. The van der Waals surface area contributed by atoms with Crippen molar-refractivity contribution in [2.75, 3.05) is 18.1 Å². The van der Waals surface area contributed by atoms with Crippen LogP contribution in [0, 0.1) is 13.8 Å². The number of nitrogens with zero attached hydrogens (tertiary/aromatic N) is 3. The predicted octanol–water partition coefficient (Wildman–Crippen LogP) is 6.69. The third kappa shape index (κ3) is 4.78. The molecule has 0 bridgehead atoms. The molecule has 5 nitrogen and oxygen atoms in total. The van der Waals surface area contributed by atoms with Gasteiger partial charge in [0.25, 0.3) is 0 Å². The molecule has 1 atom stereocenters. The molecule has 1 fully saturated rings. The van der Waals surface area contributed by atoms with Gasteiger partial charge in [-0.05, 0) is 68.1 Å². The van der Waals surface area contributed by atoms with Gasteiger partial charge in [0.15, 0.2) is 0 Å². The second-order valence-corrected chi connectivity index (χ2v) is 9.63. The molecule has 1 aromatic heterocycles. The normalized spacial score (nSPS) is 15.8. The van der Waals surface area contributed by atoms with Gasteiger partial charge < -0.3 is 14.2 Å². The minimum absolute atomic E-state index is 0.0641. The van der Waals surface area contributed by atoms with E-state index in [1.54, 1.807) is 0 Å². The molecule has 0 saturated carbocycles. The van der Waals surface area contributed by atoms with Crippen molar-refractivity contribution in [3.8, 4) is 5.75 Å². The van der Waals surface area contributed by atoms with Gasteiger partial charge in [-0.3, -0.25) is 4.79 Å². The quantitative estimate of drug-likeness (QED) is 0.260. The lowest BCUT2D eigenvalue weighted by Gasteiger charge is -2.20. The van der Waals surface area contributed by atoms with E-state index < -0.39 is 0 Å². The van der Waals surface area contributed by atoms with Crippen molar-refractivity contribution in [2.24, 2.45) is 0 Å². The second kappa shape index (κ2) is 10.1. The van der Waals surface area contributed by atoms with Gasteiger partial charge in [-0.15, -0.1) is 0 Å². The number of fused-ring (bicyclic) bond motifs is 1. The van der Waals surface area contributed by atoms with Crippen molar-refractivity contribution in [2.45, 2.75) is 45.6 Å². The van der Waals surface area contributed by atoms with Crippen LogP contribution in [0.25, 0.3) is 11.0 Å². The fraction of sp³-hybridized carbons (Fsp3) is 0.310. The molecule has 5 rings (SSSR count). The van der Waals surface area contributed by atoms with Crippen molar-refractivity contribution in [3.05, 3.63) is 88.7 Å². The number of carbonyl (C=O) groups excluding carboxylic acids is 1. The van der Waals surface area contributed by atoms with E-state index in [1.807, 2.05) is 53.4 Å². The van der Waals surface area contributed by atoms with Crippen molar-refractivity contribution >= 4 is 34.2 Å². The van der Waals surface area contributed by atoms with E-state index in [0.717, 1.165) is 53.2 Å². The van der Waals surface area contributed by atoms with Crippen LogP contribution in [0.5, 0.6) is 5.75 Å². The predicted molar refractivity (Wildman–Crippen MR) is 142 cm³/mol. The third-order valence-electron chi connectivity index (χ3n) is 6.91. The third-order valence-corrected chi connectivity index (χ3v) is 7.22. The summed E-state index contributed by atoms with van der Waals surface area (Å²) in [6.45, 7) is 6.27. The van der Waals surface area contributed by atoms with Gasteiger partial charge in [0.1, 0.15) is 11.6 Å². The summed E-state index contributed by atoms with van der Waals surface area (Å²) in [4.78, 5) is 20.0. The number of halogens is 1. The molecular formula is C29H30ClN3O2. The van der Waals surface area contributed by atoms with Gasteiger partial charge in [-0.25, -0.2) is 4.98 Å². The van der Waals surface area contributed by atoms with Crippen LogP contribution in [-0.2, 0) is 11.3 Å². The number of benzene rings is 3. The molecule has 0 spiro atoms. The fourth-order valence-electron chi connectivity index (χ4n) is 4.90. The van der Waals surface area contributed by atoms with Crippen LogP contribution in [0.2, 0.25) is 5.02 Å². The highest BCUT2D eigenvalue weighted by Gasteiger charge is 2.35. The Balaban J connectivity index is 1.32. The smallest absolute Gasteiger partial charge is 0.227 e. The molecule has 35 heavy (non-hydrogen) atoms. The maximum absolute atomic E-state index is 13.1. The topological polar surface area (TPSA) is 47.4 Å². The minimum atomic E-state index is 0.0641. The Bertz CT molecular complexity index is 1360. The Morgan fingerprint density at radius 2 is 1.80 bits per heavy atom. The van der Waals surface area contributed by atoms with Crippen molar-refractivity contribution in [3.63, 3.8) is 0 Å². The Morgan fingerprint density at radius 1 is 1.00 bits per heavy atom. The molecule has 0 radical (unpaired) electrons. The molecule has 1 aliphatic heterocycles. The van der Waals surface area contributed by atoms with Gasteiger partial charge in [0.2, 0.25) is 5.91 Å². The Hall–Kier alpha value is -3.31. The molecule has 1 unspecified atom stereocenters. The van der Waals surface area contributed by atoms with Crippen LogP contribution in [-0.4, -0.2) is 28.6 Å². The first-order valence-corrected chi connectivity index (χ1v) is 12.6. The fourth-order valence-corrected chi connectivity index (χ4v) is 5.09. The molecule has 4 aromatic rings. The summed E-state index contributed by atoms with van der Waals surface area (Å²) in [5.41, 5.74) is 5.47. The van der Waals surface area contributed by atoms with Crippen LogP contribution < -0.4 is 9.64 Å². The number of amides is 1. The monoisotopic (exact) mass is 487 g/mol. The molecular weight excluding hydrogens is 458 g/mol. The second-order valence-electron chi connectivity index (χ2n) is 9.22. The maximum Gasteiger partial charge on any atom is 0.227 e. The largest absolute Gasteiger partial charge is 0.492 e. The molecule has 1 amide bonds. The summed E-state index contributed by atoms with van der Waals surface area (Å²) in [5, 5.41) is 0.634. The van der Waals surface area contributed by atoms with Crippen molar-refractivity contribution in [1.82, 2.24) is 9.55 Å². The zero-order valence-corrected chi connectivity index (χ0v) is 21.0. The van der Waals surface area contributed by atoms with Gasteiger partial charge in [-0.1, -0.05) is 48.0 Å². The lowest BCUT2D eigenvalue weighted by Crippen LogP contribution is -2.25. The zero-order valence-electron chi connectivity index (χ0n) is 20.2. The first kappa shape index (κ1) is 23.4. The number of ether oxygens (including phenoxy) is 1. The number of rotatable bonds is 8. The number of para-hydroxylation sites is 3. The summed E-state index contributed by atoms with van der Waals surface area (Å²) < 4.78 is 8.16. The molecule has 1 aliphatic rings. The van der Waals surface area contributed by atoms with E-state index in [9.17, 15) is 4.79 Å². The Kier molecular flexibility index (Phi) is 6.78. The number of hydrogen-bond donors (Lipinski definition) is 0. The van der Waals surface area contributed by atoms with Crippen LogP contribution in [0.4, 0.5) is 5.69 Å². The van der Waals surface area contributed by atoms with Crippen LogP contribution in [0.15, 0.2) is 66.7 Å². The number of aromatic nitrogens is 2. The van der Waals surface area contributed by atoms with Gasteiger partial charge in [-0.2, -0.15) is 0 Å². The number of imidazole rings is 1. The number of anilines is 1. The Labute approximate surface area is 211 Å². The average Bonchev–Trinajstić information content (AvgIpc) is 3.42. The van der Waals surface area contributed by atoms with E-state index in [1.165, 1.54) is 5.56 Å². The molecule has 6 heteroatoms. The first-order chi connectivity index (χ1) is 17.0. The van der Waals surface area contributed by atoms with Gasteiger partial charge in [0.05, 0.1) is 22.7 Å². The SMILES string of the molecule is Cc1cccc(N2CC(c3nc4ccccc4n3CCCCOc3ccccc3Cl)CC2=O)c1C. The number of carbonyl (C=O) groups is 1. The Morgan fingerprint density at radius 3 is 2.66 bits per heavy atom. The zero-order chi connectivity index (χ0) is 24.4. The van der Waals surface area contributed by atoms with Crippen LogP contribution in [0.3, 0.4) is 0 Å². The van der Waals surface area contributed by atoms with Gasteiger partial charge in [0, 0.05) is 31.1 Å². The average molecular weight is 488 g/mol. The summed E-state index contributed by atoms with van der Waals surface area (Å²) in [6.07, 6.45) is 2.32. The molecule has 0 N–H and O–H groups in total. The molecule has 180 valence electrons. The lowest BCUT2D eigenvalue weighted by molar-refractivity contribution is -0.117. The highest BCUT2D eigenvalue weighted by Crippen LogP contribution is 2.35. The first-order valence-electron chi connectivity index (χ1n) is 12.2. The maximum atomic E-state index is 13.1. The minimum Gasteiger partial charge on any atom is -0.492 e.